The van der Waals surface area contributed by atoms with Crippen molar-refractivity contribution in [2.45, 2.75) is 6.36 Å². The van der Waals surface area contributed by atoms with Crippen LogP contribution in [0.15, 0.2) is 48.5 Å². The maximum atomic E-state index is 12.0. The third kappa shape index (κ3) is 4.87. The summed E-state index contributed by atoms with van der Waals surface area (Å²) in [5.74, 6) is 0.532. The summed E-state index contributed by atoms with van der Waals surface area (Å²) in [7, 11) is 1.59. The number of hydrogen-bond acceptors (Lipinski definition) is 2. The Morgan fingerprint density at radius 1 is 0.762 bits per heavy atom. The molecule has 0 radical (unpaired) electrons. The standard InChI is InChI=1S/C16H13F3O2/c1-20-14-8-4-12(5-9-14)2-3-13-6-10-15(11-7-13)21-16(17,18)19/h2-11H,1H3/b3-2+. The van der Waals surface area contributed by atoms with Gasteiger partial charge in [0, 0.05) is 0 Å². The van der Waals surface area contributed by atoms with Crippen molar-refractivity contribution in [2.75, 3.05) is 7.11 Å². The first-order valence-corrected chi connectivity index (χ1v) is 6.14. The molecule has 0 amide bonds. The molecule has 2 aromatic rings. The Morgan fingerprint density at radius 2 is 1.19 bits per heavy atom. The van der Waals surface area contributed by atoms with E-state index in [1.165, 1.54) is 12.1 Å². The number of benzene rings is 2. The van der Waals surface area contributed by atoms with Crippen LogP contribution in [0.25, 0.3) is 12.2 Å². The molecule has 0 saturated heterocycles. The Hall–Kier alpha value is -2.43. The number of ether oxygens (including phenoxy) is 2. The molecule has 0 aliphatic heterocycles. The Kier molecular flexibility index (Phi) is 4.52. The minimum Gasteiger partial charge on any atom is -0.497 e. The fourth-order valence-corrected chi connectivity index (χ4v) is 1.69. The van der Waals surface area contributed by atoms with Crippen LogP contribution in [0.2, 0.25) is 0 Å². The highest BCUT2D eigenvalue weighted by atomic mass is 19.4. The second-order valence-electron chi connectivity index (χ2n) is 4.22. The second kappa shape index (κ2) is 6.35. The number of rotatable bonds is 4. The van der Waals surface area contributed by atoms with Gasteiger partial charge in [-0.15, -0.1) is 13.2 Å². The summed E-state index contributed by atoms with van der Waals surface area (Å²) >= 11 is 0. The van der Waals surface area contributed by atoms with Crippen molar-refractivity contribution in [1.82, 2.24) is 0 Å². The fraction of sp³-hybridized carbons (Fsp3) is 0.125. The zero-order valence-corrected chi connectivity index (χ0v) is 11.2. The van der Waals surface area contributed by atoms with Crippen LogP contribution in [-0.2, 0) is 0 Å². The predicted octanol–water partition coefficient (Wildman–Crippen LogP) is 4.76. The van der Waals surface area contributed by atoms with Crippen LogP contribution in [-0.4, -0.2) is 13.5 Å². The first-order valence-electron chi connectivity index (χ1n) is 6.14. The molecule has 0 saturated carbocycles. The smallest absolute Gasteiger partial charge is 0.497 e. The van der Waals surface area contributed by atoms with Crippen LogP contribution in [0, 0.1) is 0 Å². The van der Waals surface area contributed by atoms with Gasteiger partial charge in [0.15, 0.2) is 0 Å². The molecule has 5 heteroatoms. The normalized spacial score (nSPS) is 11.6. The molecular weight excluding hydrogens is 281 g/mol. The van der Waals surface area contributed by atoms with Crippen LogP contribution < -0.4 is 9.47 Å². The van der Waals surface area contributed by atoms with Crippen molar-refractivity contribution in [3.8, 4) is 11.5 Å². The fourth-order valence-electron chi connectivity index (χ4n) is 1.69. The summed E-state index contributed by atoms with van der Waals surface area (Å²) in [6.07, 6.45) is -1.00. The summed E-state index contributed by atoms with van der Waals surface area (Å²) in [6, 6.07) is 13.1. The zero-order valence-electron chi connectivity index (χ0n) is 11.2. The van der Waals surface area contributed by atoms with Crippen molar-refractivity contribution in [3.63, 3.8) is 0 Å². The van der Waals surface area contributed by atoms with Crippen LogP contribution >= 0.6 is 0 Å². The number of halogens is 3. The highest BCUT2D eigenvalue weighted by Gasteiger charge is 2.30. The van der Waals surface area contributed by atoms with Gasteiger partial charge in [-0.05, 0) is 35.4 Å². The van der Waals surface area contributed by atoms with E-state index in [2.05, 4.69) is 4.74 Å². The van der Waals surface area contributed by atoms with Gasteiger partial charge in [0.05, 0.1) is 7.11 Å². The number of hydrogen-bond donors (Lipinski definition) is 0. The van der Waals surface area contributed by atoms with E-state index in [1.807, 2.05) is 30.3 Å². The first-order chi connectivity index (χ1) is 9.96. The average Bonchev–Trinajstić information content (AvgIpc) is 2.45. The van der Waals surface area contributed by atoms with Gasteiger partial charge >= 0.3 is 6.36 Å². The topological polar surface area (TPSA) is 18.5 Å². The lowest BCUT2D eigenvalue weighted by Gasteiger charge is -2.08. The quantitative estimate of drug-likeness (QED) is 0.757. The molecule has 2 rings (SSSR count). The van der Waals surface area contributed by atoms with Crippen molar-refractivity contribution in [2.24, 2.45) is 0 Å². The van der Waals surface area contributed by atoms with Gasteiger partial charge in [-0.3, -0.25) is 0 Å². The van der Waals surface area contributed by atoms with E-state index in [0.29, 0.717) is 0 Å². The maximum absolute atomic E-state index is 12.0. The van der Waals surface area contributed by atoms with Crippen molar-refractivity contribution < 1.29 is 22.6 Å². The first kappa shape index (κ1) is 15.0. The number of alkyl halides is 3. The lowest BCUT2D eigenvalue weighted by molar-refractivity contribution is -0.274. The molecule has 0 fully saturated rings. The maximum Gasteiger partial charge on any atom is 0.573 e. The van der Waals surface area contributed by atoms with E-state index >= 15 is 0 Å². The van der Waals surface area contributed by atoms with E-state index in [4.69, 9.17) is 4.74 Å². The van der Waals surface area contributed by atoms with Gasteiger partial charge in [0.25, 0.3) is 0 Å². The Balaban J connectivity index is 2.03. The largest absolute Gasteiger partial charge is 0.573 e. The average molecular weight is 294 g/mol. The monoisotopic (exact) mass is 294 g/mol. The molecular formula is C16H13F3O2. The molecule has 110 valence electrons. The minimum atomic E-state index is -4.67. The van der Waals surface area contributed by atoms with Crippen molar-refractivity contribution in [1.29, 1.82) is 0 Å². The van der Waals surface area contributed by atoms with Crippen molar-refractivity contribution in [3.05, 3.63) is 59.7 Å². The molecule has 0 bridgehead atoms. The third-order valence-electron chi connectivity index (χ3n) is 2.70. The lowest BCUT2D eigenvalue weighted by atomic mass is 10.1. The highest BCUT2D eigenvalue weighted by Crippen LogP contribution is 2.23. The van der Waals surface area contributed by atoms with Gasteiger partial charge in [0.2, 0.25) is 0 Å². The molecule has 0 spiro atoms. The molecule has 0 heterocycles. The number of methoxy groups -OCH3 is 1. The SMILES string of the molecule is COc1ccc(/C=C/c2ccc(OC(F)(F)F)cc2)cc1. The zero-order chi connectivity index (χ0) is 15.3. The van der Waals surface area contributed by atoms with E-state index in [-0.39, 0.29) is 5.75 Å². The van der Waals surface area contributed by atoms with E-state index in [1.54, 1.807) is 25.3 Å². The van der Waals surface area contributed by atoms with Crippen LogP contribution in [0.5, 0.6) is 11.5 Å². The summed E-state index contributed by atoms with van der Waals surface area (Å²) in [5.41, 5.74) is 1.74. The summed E-state index contributed by atoms with van der Waals surface area (Å²) in [4.78, 5) is 0. The van der Waals surface area contributed by atoms with E-state index < -0.39 is 6.36 Å². The summed E-state index contributed by atoms with van der Waals surface area (Å²) < 4.78 is 44.9. The third-order valence-corrected chi connectivity index (χ3v) is 2.70. The highest BCUT2D eigenvalue weighted by molar-refractivity contribution is 5.70. The van der Waals surface area contributed by atoms with Gasteiger partial charge in [-0.25, -0.2) is 0 Å². The van der Waals surface area contributed by atoms with Crippen LogP contribution in [0.1, 0.15) is 11.1 Å². The molecule has 0 aliphatic carbocycles. The van der Waals surface area contributed by atoms with Crippen LogP contribution in [0.4, 0.5) is 13.2 Å². The molecule has 0 unspecified atom stereocenters. The van der Waals surface area contributed by atoms with E-state index in [0.717, 1.165) is 16.9 Å². The van der Waals surface area contributed by atoms with E-state index in [9.17, 15) is 13.2 Å². The van der Waals surface area contributed by atoms with Gasteiger partial charge in [0.1, 0.15) is 11.5 Å². The Morgan fingerprint density at radius 3 is 1.57 bits per heavy atom. The van der Waals surface area contributed by atoms with Gasteiger partial charge in [-0.2, -0.15) is 0 Å². The minimum absolute atomic E-state index is 0.232. The Labute approximate surface area is 120 Å². The Bertz CT molecular complexity index is 599. The molecule has 21 heavy (non-hydrogen) atoms. The molecule has 0 aliphatic rings. The molecule has 0 atom stereocenters. The van der Waals surface area contributed by atoms with Crippen molar-refractivity contribution >= 4 is 12.2 Å². The molecule has 2 nitrogen and oxygen atoms in total. The van der Waals surface area contributed by atoms with Gasteiger partial charge in [-0.1, -0.05) is 36.4 Å². The molecule has 2 aromatic carbocycles. The molecule has 0 aromatic heterocycles. The molecule has 0 N–H and O–H groups in total. The summed E-state index contributed by atoms with van der Waals surface area (Å²) in [5, 5.41) is 0. The summed E-state index contributed by atoms with van der Waals surface area (Å²) in [6.45, 7) is 0. The van der Waals surface area contributed by atoms with Gasteiger partial charge < -0.3 is 9.47 Å². The van der Waals surface area contributed by atoms with Crippen LogP contribution in [0.3, 0.4) is 0 Å². The lowest BCUT2D eigenvalue weighted by Crippen LogP contribution is -2.16. The predicted molar refractivity (Wildman–Crippen MR) is 75.0 cm³/mol. The second-order valence-corrected chi connectivity index (χ2v) is 4.22.